The molecule has 23 heavy (non-hydrogen) atoms. The van der Waals surface area contributed by atoms with E-state index >= 15 is 0 Å². The zero-order chi connectivity index (χ0) is 15.8. The summed E-state index contributed by atoms with van der Waals surface area (Å²) in [6.07, 6.45) is 6.28. The number of likely N-dealkylation sites (tertiary alicyclic amines) is 1. The molecule has 0 saturated carbocycles. The van der Waals surface area contributed by atoms with Gasteiger partial charge in [0.1, 0.15) is 11.5 Å². The van der Waals surface area contributed by atoms with Crippen molar-refractivity contribution in [3.63, 3.8) is 0 Å². The molecule has 3 atom stereocenters. The molecular formula is C19H21NO3. The number of ether oxygens (including phenoxy) is 2. The van der Waals surface area contributed by atoms with Gasteiger partial charge in [-0.15, -0.1) is 0 Å². The molecule has 1 fully saturated rings. The highest BCUT2D eigenvalue weighted by molar-refractivity contribution is 5.65. The third kappa shape index (κ3) is 1.44. The van der Waals surface area contributed by atoms with Crippen LogP contribution in [-0.4, -0.2) is 42.9 Å². The molecule has 4 nitrogen and oxygen atoms in total. The Bertz CT molecular complexity index is 766. The van der Waals surface area contributed by atoms with Crippen molar-refractivity contribution in [1.82, 2.24) is 4.90 Å². The zero-order valence-electron chi connectivity index (χ0n) is 13.5. The lowest BCUT2D eigenvalue weighted by atomic mass is 9.57. The molecule has 1 N–H and O–H groups in total. The van der Waals surface area contributed by atoms with E-state index in [0.717, 1.165) is 36.5 Å². The number of rotatable bonds is 2. The molecule has 1 aromatic rings. The summed E-state index contributed by atoms with van der Waals surface area (Å²) in [5.74, 6) is 1.79. The van der Waals surface area contributed by atoms with E-state index in [1.807, 2.05) is 6.07 Å². The number of allylic oxidation sites excluding steroid dienone is 2. The molecule has 0 amide bonds. The predicted molar refractivity (Wildman–Crippen MR) is 86.4 cm³/mol. The molecule has 2 bridgehead atoms. The molecule has 5 rings (SSSR count). The Labute approximate surface area is 136 Å². The fraction of sp³-hybridized carbons (Fsp3) is 0.474. The topological polar surface area (TPSA) is 41.9 Å². The Morgan fingerprint density at radius 1 is 1.39 bits per heavy atom. The van der Waals surface area contributed by atoms with Gasteiger partial charge in [-0.2, -0.15) is 0 Å². The van der Waals surface area contributed by atoms with Crippen LogP contribution in [0.15, 0.2) is 35.6 Å². The molecule has 0 radical (unpaired) electrons. The fourth-order valence-electron chi connectivity index (χ4n) is 5.14. The van der Waals surface area contributed by atoms with E-state index in [1.165, 1.54) is 16.7 Å². The van der Waals surface area contributed by atoms with E-state index in [-0.39, 0.29) is 18.1 Å². The first-order valence-electron chi connectivity index (χ1n) is 8.30. The van der Waals surface area contributed by atoms with Gasteiger partial charge < -0.3 is 14.6 Å². The smallest absolute Gasteiger partial charge is 0.169 e. The molecule has 0 unspecified atom stereocenters. The SMILES string of the molecule is COC1=CC=C2[C@H]3Cc4ccc(CO)c5c4[C@@]2(CCN3C)[C@H]1O5. The summed E-state index contributed by atoms with van der Waals surface area (Å²) in [7, 11) is 3.93. The monoisotopic (exact) mass is 311 g/mol. The minimum absolute atomic E-state index is 0.0137. The van der Waals surface area contributed by atoms with Gasteiger partial charge in [-0.25, -0.2) is 0 Å². The van der Waals surface area contributed by atoms with Gasteiger partial charge in [0.2, 0.25) is 0 Å². The average Bonchev–Trinajstić information content (AvgIpc) is 2.92. The van der Waals surface area contributed by atoms with Crippen molar-refractivity contribution in [3.05, 3.63) is 52.3 Å². The molecule has 1 aromatic carbocycles. The standard InChI is InChI=1S/C19H21NO3/c1-20-8-7-19-13-5-6-15(22-2)18(19)23-17-12(10-21)4-3-11(16(17)19)9-14(13)20/h3-6,14,18,21H,7-10H2,1-2H3/t14-,18+,19+/m1/s1. The maximum Gasteiger partial charge on any atom is 0.169 e. The Morgan fingerprint density at radius 2 is 2.26 bits per heavy atom. The highest BCUT2D eigenvalue weighted by Crippen LogP contribution is 2.61. The summed E-state index contributed by atoms with van der Waals surface area (Å²) in [6.45, 7) is 1.07. The van der Waals surface area contributed by atoms with E-state index < -0.39 is 0 Å². The molecule has 1 spiro atoms. The van der Waals surface area contributed by atoms with Gasteiger partial charge in [-0.1, -0.05) is 18.2 Å². The highest BCUT2D eigenvalue weighted by atomic mass is 16.5. The van der Waals surface area contributed by atoms with Gasteiger partial charge in [0, 0.05) is 17.2 Å². The number of aliphatic hydroxyl groups excluding tert-OH is 1. The van der Waals surface area contributed by atoms with Crippen LogP contribution >= 0.6 is 0 Å². The van der Waals surface area contributed by atoms with Crippen molar-refractivity contribution in [2.45, 2.75) is 37.0 Å². The summed E-state index contributed by atoms with van der Waals surface area (Å²) >= 11 is 0. The second kappa shape index (κ2) is 4.40. The van der Waals surface area contributed by atoms with Crippen LogP contribution in [0.2, 0.25) is 0 Å². The third-order valence-corrected chi connectivity index (χ3v) is 6.22. The van der Waals surface area contributed by atoms with Crippen LogP contribution < -0.4 is 4.74 Å². The number of benzene rings is 1. The van der Waals surface area contributed by atoms with Crippen LogP contribution in [0.1, 0.15) is 23.1 Å². The normalized spacial score (nSPS) is 33.5. The van der Waals surface area contributed by atoms with Gasteiger partial charge in [-0.3, -0.25) is 4.90 Å². The molecule has 4 aliphatic rings. The number of aliphatic hydroxyl groups is 1. The van der Waals surface area contributed by atoms with Crippen molar-refractivity contribution >= 4 is 0 Å². The van der Waals surface area contributed by atoms with Gasteiger partial charge in [0.15, 0.2) is 6.10 Å². The quantitative estimate of drug-likeness (QED) is 0.906. The molecule has 120 valence electrons. The zero-order valence-corrected chi connectivity index (χ0v) is 13.5. The number of hydrogen-bond donors (Lipinski definition) is 1. The molecule has 0 aromatic heterocycles. The second-order valence-electron chi connectivity index (χ2n) is 7.06. The lowest BCUT2D eigenvalue weighted by Crippen LogP contribution is -2.58. The second-order valence-corrected chi connectivity index (χ2v) is 7.06. The summed E-state index contributed by atoms with van der Waals surface area (Å²) < 4.78 is 12.1. The van der Waals surface area contributed by atoms with E-state index in [1.54, 1.807) is 7.11 Å². The first-order valence-corrected chi connectivity index (χ1v) is 8.30. The van der Waals surface area contributed by atoms with Gasteiger partial charge in [-0.05, 0) is 43.6 Å². The Kier molecular flexibility index (Phi) is 2.61. The van der Waals surface area contributed by atoms with Crippen LogP contribution in [0.5, 0.6) is 5.75 Å². The Hall–Kier alpha value is -1.78. The first-order chi connectivity index (χ1) is 11.2. The first kappa shape index (κ1) is 13.6. The fourth-order valence-corrected chi connectivity index (χ4v) is 5.14. The summed E-state index contributed by atoms with van der Waals surface area (Å²) in [5.41, 5.74) is 4.92. The summed E-state index contributed by atoms with van der Waals surface area (Å²) in [5, 5.41) is 9.75. The van der Waals surface area contributed by atoms with Crippen LogP contribution in [0, 0.1) is 0 Å². The molecular weight excluding hydrogens is 290 g/mol. The number of likely N-dealkylation sites (N-methyl/N-ethyl adjacent to an activating group) is 1. The van der Waals surface area contributed by atoms with Crippen LogP contribution in [0.3, 0.4) is 0 Å². The molecule has 1 saturated heterocycles. The van der Waals surface area contributed by atoms with Crippen molar-refractivity contribution in [3.8, 4) is 5.75 Å². The summed E-state index contributed by atoms with van der Waals surface area (Å²) in [4.78, 5) is 2.46. The molecule has 4 heteroatoms. The Morgan fingerprint density at radius 3 is 3.04 bits per heavy atom. The lowest BCUT2D eigenvalue weighted by Gasteiger charge is -2.52. The molecule has 2 aliphatic carbocycles. The average molecular weight is 311 g/mol. The molecule has 2 heterocycles. The number of hydrogen-bond acceptors (Lipinski definition) is 4. The van der Waals surface area contributed by atoms with Gasteiger partial charge in [0.05, 0.1) is 19.1 Å². The van der Waals surface area contributed by atoms with Crippen molar-refractivity contribution in [2.75, 3.05) is 20.7 Å². The van der Waals surface area contributed by atoms with Gasteiger partial charge in [0.25, 0.3) is 0 Å². The van der Waals surface area contributed by atoms with E-state index in [9.17, 15) is 5.11 Å². The van der Waals surface area contributed by atoms with Crippen molar-refractivity contribution in [2.24, 2.45) is 0 Å². The number of nitrogens with zero attached hydrogens (tertiary/aromatic N) is 1. The highest BCUT2D eigenvalue weighted by Gasteiger charge is 2.61. The summed E-state index contributed by atoms with van der Waals surface area (Å²) in [6, 6.07) is 4.64. The third-order valence-electron chi connectivity index (χ3n) is 6.22. The van der Waals surface area contributed by atoms with E-state index in [2.05, 4.69) is 30.2 Å². The predicted octanol–water partition coefficient (Wildman–Crippen LogP) is 1.91. The van der Waals surface area contributed by atoms with Gasteiger partial charge >= 0.3 is 0 Å². The van der Waals surface area contributed by atoms with Crippen molar-refractivity contribution < 1.29 is 14.6 Å². The molecule has 2 aliphatic heterocycles. The van der Waals surface area contributed by atoms with E-state index in [4.69, 9.17) is 9.47 Å². The minimum atomic E-state index is -0.106. The van der Waals surface area contributed by atoms with Crippen LogP contribution in [-0.2, 0) is 23.2 Å². The number of piperidine rings is 1. The minimum Gasteiger partial charge on any atom is -0.497 e. The lowest BCUT2D eigenvalue weighted by molar-refractivity contribution is 0.0736. The van der Waals surface area contributed by atoms with Crippen LogP contribution in [0.4, 0.5) is 0 Å². The largest absolute Gasteiger partial charge is 0.497 e. The number of methoxy groups -OCH3 is 1. The van der Waals surface area contributed by atoms with E-state index in [0.29, 0.717) is 6.04 Å². The maximum atomic E-state index is 9.75. The van der Waals surface area contributed by atoms with Crippen molar-refractivity contribution in [1.29, 1.82) is 0 Å². The maximum absolute atomic E-state index is 9.75. The Balaban J connectivity index is 1.84. The van der Waals surface area contributed by atoms with Crippen LogP contribution in [0.25, 0.3) is 0 Å².